The van der Waals surface area contributed by atoms with Crippen molar-refractivity contribution in [1.29, 1.82) is 0 Å². The van der Waals surface area contributed by atoms with Crippen LogP contribution in [0.5, 0.6) is 11.5 Å². The number of hydrazine groups is 1. The summed E-state index contributed by atoms with van der Waals surface area (Å²) >= 11 is 0. The number of ether oxygens (including phenoxy) is 2. The van der Waals surface area contributed by atoms with Crippen LogP contribution in [0.25, 0.3) is 0 Å². The molecule has 1 aromatic carbocycles. The molecule has 1 amide bonds. The summed E-state index contributed by atoms with van der Waals surface area (Å²) in [5.74, 6) is 1.24. The van der Waals surface area contributed by atoms with Crippen molar-refractivity contribution in [1.82, 2.24) is 5.43 Å². The quantitative estimate of drug-likeness (QED) is 0.539. The smallest absolute Gasteiger partial charge is 0.225 e. The lowest BCUT2D eigenvalue weighted by atomic mass is 10.3. The van der Waals surface area contributed by atoms with Gasteiger partial charge >= 0.3 is 0 Å². The lowest BCUT2D eigenvalue weighted by Gasteiger charge is -2.09. The first-order chi connectivity index (χ1) is 6.81. The lowest BCUT2D eigenvalue weighted by molar-refractivity contribution is -0.109. The first kappa shape index (κ1) is 10.2. The average molecular weight is 196 g/mol. The SMILES string of the molecule is COc1ccc(NNC=O)cc1OC. The van der Waals surface area contributed by atoms with E-state index >= 15 is 0 Å². The first-order valence-electron chi connectivity index (χ1n) is 3.99. The number of amides is 1. The molecule has 0 fully saturated rings. The molecule has 0 aliphatic carbocycles. The van der Waals surface area contributed by atoms with Gasteiger partial charge in [-0.05, 0) is 12.1 Å². The van der Waals surface area contributed by atoms with Crippen LogP contribution in [0.2, 0.25) is 0 Å². The highest BCUT2D eigenvalue weighted by Crippen LogP contribution is 2.29. The van der Waals surface area contributed by atoms with Crippen LogP contribution in [0.1, 0.15) is 0 Å². The Labute approximate surface area is 82.0 Å². The van der Waals surface area contributed by atoms with E-state index in [1.165, 1.54) is 0 Å². The molecule has 1 aromatic rings. The molecular weight excluding hydrogens is 184 g/mol. The molecule has 5 heteroatoms. The zero-order chi connectivity index (χ0) is 10.4. The second-order valence-electron chi connectivity index (χ2n) is 2.46. The highest BCUT2D eigenvalue weighted by Gasteiger charge is 2.03. The largest absolute Gasteiger partial charge is 0.493 e. The number of rotatable bonds is 5. The summed E-state index contributed by atoms with van der Waals surface area (Å²) in [6, 6.07) is 5.22. The van der Waals surface area contributed by atoms with Gasteiger partial charge in [-0.25, -0.2) is 0 Å². The number of hydrogen-bond acceptors (Lipinski definition) is 4. The number of carbonyl (C=O) groups is 1. The molecule has 0 aliphatic heterocycles. The van der Waals surface area contributed by atoms with E-state index < -0.39 is 0 Å². The van der Waals surface area contributed by atoms with Crippen molar-refractivity contribution < 1.29 is 14.3 Å². The molecule has 2 N–H and O–H groups in total. The van der Waals surface area contributed by atoms with Crippen molar-refractivity contribution in [3.8, 4) is 11.5 Å². The summed E-state index contributed by atoms with van der Waals surface area (Å²) in [5, 5.41) is 0. The van der Waals surface area contributed by atoms with Crippen LogP contribution in [0.4, 0.5) is 5.69 Å². The van der Waals surface area contributed by atoms with Crippen molar-refractivity contribution in [3.05, 3.63) is 18.2 Å². The van der Waals surface area contributed by atoms with E-state index in [4.69, 9.17) is 9.47 Å². The maximum atomic E-state index is 10.0. The second-order valence-corrected chi connectivity index (χ2v) is 2.46. The fraction of sp³-hybridized carbons (Fsp3) is 0.222. The maximum absolute atomic E-state index is 10.0. The number of benzene rings is 1. The first-order valence-corrected chi connectivity index (χ1v) is 3.99. The Bertz CT molecular complexity index is 315. The molecule has 1 rings (SSSR count). The number of methoxy groups -OCH3 is 2. The van der Waals surface area contributed by atoms with Gasteiger partial charge in [0.15, 0.2) is 11.5 Å². The predicted octanol–water partition coefficient (Wildman–Crippen LogP) is 0.777. The Hall–Kier alpha value is -1.91. The fourth-order valence-corrected chi connectivity index (χ4v) is 1.03. The minimum atomic E-state index is 0.552. The van der Waals surface area contributed by atoms with Crippen LogP contribution < -0.4 is 20.3 Å². The van der Waals surface area contributed by atoms with Crippen molar-refractivity contribution in [2.24, 2.45) is 0 Å². The van der Waals surface area contributed by atoms with E-state index in [1.54, 1.807) is 32.4 Å². The fourth-order valence-electron chi connectivity index (χ4n) is 1.03. The minimum Gasteiger partial charge on any atom is -0.493 e. The second kappa shape index (κ2) is 4.96. The van der Waals surface area contributed by atoms with Gasteiger partial charge in [0.2, 0.25) is 6.41 Å². The Morgan fingerprint density at radius 1 is 1.21 bits per heavy atom. The van der Waals surface area contributed by atoms with Crippen molar-refractivity contribution in [2.75, 3.05) is 19.6 Å². The van der Waals surface area contributed by atoms with Gasteiger partial charge < -0.3 is 9.47 Å². The van der Waals surface area contributed by atoms with Crippen molar-refractivity contribution >= 4 is 12.1 Å². The van der Waals surface area contributed by atoms with Crippen LogP contribution in [0, 0.1) is 0 Å². The van der Waals surface area contributed by atoms with Gasteiger partial charge in [0.25, 0.3) is 0 Å². The molecule has 0 atom stereocenters. The van der Waals surface area contributed by atoms with E-state index in [0.29, 0.717) is 17.9 Å². The van der Waals surface area contributed by atoms with E-state index in [2.05, 4.69) is 10.9 Å². The molecule has 0 aliphatic rings. The third-order valence-corrected chi connectivity index (χ3v) is 1.66. The van der Waals surface area contributed by atoms with E-state index in [0.717, 1.165) is 5.69 Å². The average Bonchev–Trinajstić information content (AvgIpc) is 2.25. The van der Waals surface area contributed by atoms with Gasteiger partial charge in [0.1, 0.15) is 0 Å². The molecule has 0 saturated carbocycles. The topological polar surface area (TPSA) is 59.6 Å². The van der Waals surface area contributed by atoms with Crippen LogP contribution in [0.15, 0.2) is 18.2 Å². The zero-order valence-corrected chi connectivity index (χ0v) is 8.03. The molecule has 0 unspecified atom stereocenters. The standard InChI is InChI=1S/C9H12N2O3/c1-13-8-4-3-7(11-10-6-12)5-9(8)14-2/h3-6,11H,1-2H3,(H,10,12). The van der Waals surface area contributed by atoms with Crippen molar-refractivity contribution in [2.45, 2.75) is 0 Å². The molecule has 0 heterocycles. The van der Waals surface area contributed by atoms with Gasteiger partial charge in [-0.3, -0.25) is 15.6 Å². The van der Waals surface area contributed by atoms with E-state index in [9.17, 15) is 4.79 Å². The normalized spacial score (nSPS) is 9.00. The zero-order valence-electron chi connectivity index (χ0n) is 8.03. The Kier molecular flexibility index (Phi) is 3.60. The lowest BCUT2D eigenvalue weighted by Crippen LogP contribution is -2.18. The summed E-state index contributed by atoms with van der Waals surface area (Å²) < 4.78 is 10.1. The summed E-state index contributed by atoms with van der Waals surface area (Å²) in [6.45, 7) is 0. The Morgan fingerprint density at radius 2 is 1.93 bits per heavy atom. The number of anilines is 1. The molecule has 14 heavy (non-hydrogen) atoms. The number of carbonyl (C=O) groups excluding carboxylic acids is 1. The van der Waals surface area contributed by atoms with Crippen LogP contribution in [0.3, 0.4) is 0 Å². The van der Waals surface area contributed by atoms with E-state index in [-0.39, 0.29) is 0 Å². The number of hydrogen-bond donors (Lipinski definition) is 2. The van der Waals surface area contributed by atoms with Gasteiger partial charge in [0, 0.05) is 6.07 Å². The Balaban J connectivity index is 2.83. The molecule has 76 valence electrons. The number of nitrogens with one attached hydrogen (secondary N) is 2. The summed E-state index contributed by atoms with van der Waals surface area (Å²) in [4.78, 5) is 10.0. The molecule has 0 bridgehead atoms. The summed E-state index contributed by atoms with van der Waals surface area (Å²) in [6.07, 6.45) is 0.552. The van der Waals surface area contributed by atoms with E-state index in [1.807, 2.05) is 0 Å². The van der Waals surface area contributed by atoms with Crippen LogP contribution in [-0.2, 0) is 4.79 Å². The van der Waals surface area contributed by atoms with Gasteiger partial charge in [-0.1, -0.05) is 0 Å². The third kappa shape index (κ3) is 2.29. The monoisotopic (exact) mass is 196 g/mol. The molecule has 0 radical (unpaired) electrons. The molecule has 0 aromatic heterocycles. The van der Waals surface area contributed by atoms with Crippen LogP contribution >= 0.6 is 0 Å². The molecule has 0 saturated heterocycles. The maximum Gasteiger partial charge on any atom is 0.225 e. The highest BCUT2D eigenvalue weighted by atomic mass is 16.5. The predicted molar refractivity (Wildman–Crippen MR) is 52.4 cm³/mol. The van der Waals surface area contributed by atoms with Crippen molar-refractivity contribution in [3.63, 3.8) is 0 Å². The highest BCUT2D eigenvalue weighted by molar-refractivity contribution is 5.57. The molecule has 0 spiro atoms. The minimum absolute atomic E-state index is 0.552. The molecule has 5 nitrogen and oxygen atoms in total. The van der Waals surface area contributed by atoms with Crippen LogP contribution in [-0.4, -0.2) is 20.6 Å². The summed E-state index contributed by atoms with van der Waals surface area (Å²) in [7, 11) is 3.11. The molecular formula is C9H12N2O3. The third-order valence-electron chi connectivity index (χ3n) is 1.66. The van der Waals surface area contributed by atoms with Gasteiger partial charge in [-0.2, -0.15) is 0 Å². The Morgan fingerprint density at radius 3 is 2.50 bits per heavy atom. The van der Waals surface area contributed by atoms with Gasteiger partial charge in [-0.15, -0.1) is 0 Å². The van der Waals surface area contributed by atoms with Gasteiger partial charge in [0.05, 0.1) is 19.9 Å². The summed E-state index contributed by atoms with van der Waals surface area (Å²) in [5.41, 5.74) is 5.71.